The van der Waals surface area contributed by atoms with Gasteiger partial charge in [-0.15, -0.1) is 11.8 Å². The van der Waals surface area contributed by atoms with E-state index in [0.29, 0.717) is 54.7 Å². The summed E-state index contributed by atoms with van der Waals surface area (Å²) in [4.78, 5) is 46.5. The van der Waals surface area contributed by atoms with E-state index in [0.717, 1.165) is 16.0 Å². The number of amides is 2. The Morgan fingerprint density at radius 3 is 2.77 bits per heavy atom. The molecule has 0 saturated carbocycles. The van der Waals surface area contributed by atoms with Crippen LogP contribution >= 0.6 is 11.8 Å². The standard InChI is InChI=1S/C29H36N6O4S/c1-5-21(36)35-9-8-16(12-35)34-28(38)26-23-22-17(6-7-19(30)25(22)40-26)29(32,27(37)24(23)31)18-11-33-20(10-15(18)4)39-13-14(2)3/h5-7,10-11,14,16,23-24,26H,1,8-9,12-13,30-32H2,2-4H3,(H,34,38). The third-order valence-electron chi connectivity index (χ3n) is 7.99. The zero-order chi connectivity index (χ0) is 28.9. The van der Waals surface area contributed by atoms with Gasteiger partial charge in [0.25, 0.3) is 0 Å². The molecule has 11 heteroatoms. The summed E-state index contributed by atoms with van der Waals surface area (Å²) >= 11 is 1.31. The molecule has 3 aliphatic rings. The number of ether oxygens (including phenoxy) is 1. The smallest absolute Gasteiger partial charge is 0.246 e. The quantitative estimate of drug-likeness (QED) is 0.288. The van der Waals surface area contributed by atoms with Crippen molar-refractivity contribution in [1.29, 1.82) is 0 Å². The number of pyridine rings is 1. The maximum atomic E-state index is 14.1. The molecule has 40 heavy (non-hydrogen) atoms. The maximum Gasteiger partial charge on any atom is 0.246 e. The van der Waals surface area contributed by atoms with E-state index in [1.807, 2.05) is 20.8 Å². The molecule has 1 aromatic carbocycles. The highest BCUT2D eigenvalue weighted by Crippen LogP contribution is 2.56. The van der Waals surface area contributed by atoms with Gasteiger partial charge in [0.05, 0.1) is 17.9 Å². The van der Waals surface area contributed by atoms with Crippen LogP contribution in [0.2, 0.25) is 0 Å². The summed E-state index contributed by atoms with van der Waals surface area (Å²) in [5, 5.41) is 2.39. The number of aromatic nitrogens is 1. The van der Waals surface area contributed by atoms with Gasteiger partial charge in [0, 0.05) is 53.5 Å². The molecule has 0 bridgehead atoms. The van der Waals surface area contributed by atoms with Crippen molar-refractivity contribution in [3.63, 3.8) is 0 Å². The molecular weight excluding hydrogens is 528 g/mol. The van der Waals surface area contributed by atoms with Crippen LogP contribution in [-0.2, 0) is 19.9 Å². The zero-order valence-electron chi connectivity index (χ0n) is 23.0. The van der Waals surface area contributed by atoms with Crippen molar-refractivity contribution in [3.8, 4) is 5.88 Å². The number of nitrogens with one attached hydrogen (secondary N) is 1. The number of nitrogens with two attached hydrogens (primary N) is 3. The predicted molar refractivity (Wildman–Crippen MR) is 154 cm³/mol. The fourth-order valence-corrected chi connectivity index (χ4v) is 7.42. The first kappa shape index (κ1) is 28.1. The molecule has 1 fully saturated rings. The number of rotatable bonds is 7. The molecule has 2 aromatic rings. The number of hydrogen-bond acceptors (Lipinski definition) is 9. The molecule has 5 atom stereocenters. The Hall–Kier alpha value is -3.41. The van der Waals surface area contributed by atoms with Gasteiger partial charge >= 0.3 is 0 Å². The van der Waals surface area contributed by atoms with Crippen LogP contribution in [0.3, 0.4) is 0 Å². The Morgan fingerprint density at radius 1 is 1.35 bits per heavy atom. The van der Waals surface area contributed by atoms with Crippen LogP contribution in [0, 0.1) is 12.8 Å². The molecule has 1 saturated heterocycles. The van der Waals surface area contributed by atoms with E-state index in [1.165, 1.54) is 17.8 Å². The van der Waals surface area contributed by atoms with E-state index in [9.17, 15) is 14.4 Å². The molecule has 5 unspecified atom stereocenters. The molecular formula is C29H36N6O4S. The monoisotopic (exact) mass is 564 g/mol. The summed E-state index contributed by atoms with van der Waals surface area (Å²) in [5.41, 5.74) is 21.6. The van der Waals surface area contributed by atoms with Crippen LogP contribution in [0.4, 0.5) is 5.69 Å². The fraction of sp³-hybridized carbons (Fsp3) is 0.448. The van der Waals surface area contributed by atoms with Crippen LogP contribution in [-0.4, -0.2) is 64.5 Å². The second kappa shape index (κ2) is 10.5. The highest BCUT2D eigenvalue weighted by molar-refractivity contribution is 8.01. The summed E-state index contributed by atoms with van der Waals surface area (Å²) in [6.45, 7) is 11.0. The van der Waals surface area contributed by atoms with Crippen LogP contribution in [0.5, 0.6) is 5.88 Å². The van der Waals surface area contributed by atoms with Crippen molar-refractivity contribution in [2.24, 2.45) is 17.4 Å². The normalized spacial score (nSPS) is 27.1. The number of anilines is 1. The minimum atomic E-state index is -1.57. The van der Waals surface area contributed by atoms with Gasteiger partial charge in [-0.1, -0.05) is 26.5 Å². The molecule has 0 radical (unpaired) electrons. The van der Waals surface area contributed by atoms with Crippen LogP contribution < -0.4 is 27.3 Å². The second-order valence-electron chi connectivity index (χ2n) is 11.2. The zero-order valence-corrected chi connectivity index (χ0v) is 23.8. The van der Waals surface area contributed by atoms with Crippen LogP contribution in [0.15, 0.2) is 41.9 Å². The number of carbonyl (C=O) groups is 3. The Morgan fingerprint density at radius 2 is 2.10 bits per heavy atom. The Bertz CT molecular complexity index is 1400. The summed E-state index contributed by atoms with van der Waals surface area (Å²) in [6.07, 6.45) is 3.49. The molecule has 7 N–H and O–H groups in total. The topological polar surface area (TPSA) is 167 Å². The Labute approximate surface area is 238 Å². The van der Waals surface area contributed by atoms with Gasteiger partial charge in [0.2, 0.25) is 17.7 Å². The van der Waals surface area contributed by atoms with Crippen molar-refractivity contribution in [3.05, 3.63) is 59.3 Å². The number of carbonyl (C=O) groups excluding carboxylic acids is 3. The van der Waals surface area contributed by atoms with Gasteiger partial charge in [-0.05, 0) is 48.1 Å². The van der Waals surface area contributed by atoms with Crippen LogP contribution in [0.1, 0.15) is 48.4 Å². The summed E-state index contributed by atoms with van der Waals surface area (Å²) in [7, 11) is 0. The Balaban J connectivity index is 1.48. The fourth-order valence-electron chi connectivity index (χ4n) is 5.96. The largest absolute Gasteiger partial charge is 0.477 e. The number of Topliss-reactive ketones (excluding diaryl/α,β-unsaturated/α-hetero) is 1. The van der Waals surface area contributed by atoms with E-state index >= 15 is 0 Å². The molecule has 0 spiro atoms. The third kappa shape index (κ3) is 4.55. The highest BCUT2D eigenvalue weighted by atomic mass is 32.2. The molecule has 2 amide bonds. The predicted octanol–water partition coefficient (Wildman–Crippen LogP) is 1.58. The highest BCUT2D eigenvalue weighted by Gasteiger charge is 2.57. The van der Waals surface area contributed by atoms with Crippen molar-refractivity contribution in [1.82, 2.24) is 15.2 Å². The second-order valence-corrected chi connectivity index (χ2v) is 12.4. The lowest BCUT2D eigenvalue weighted by atomic mass is 9.65. The van der Waals surface area contributed by atoms with E-state index in [4.69, 9.17) is 21.9 Å². The molecule has 5 rings (SSSR count). The summed E-state index contributed by atoms with van der Waals surface area (Å²) in [5.74, 6) is -0.604. The lowest BCUT2D eigenvalue weighted by Crippen LogP contribution is -2.61. The van der Waals surface area contributed by atoms with E-state index in [1.54, 1.807) is 29.3 Å². The minimum absolute atomic E-state index is 0.166. The maximum absolute atomic E-state index is 14.1. The number of ketones is 1. The molecule has 1 aromatic heterocycles. The lowest BCUT2D eigenvalue weighted by Gasteiger charge is -2.41. The molecule has 10 nitrogen and oxygen atoms in total. The molecule has 3 heterocycles. The number of likely N-dealkylation sites (tertiary alicyclic amines) is 1. The van der Waals surface area contributed by atoms with Gasteiger partial charge in [0.1, 0.15) is 5.54 Å². The first-order valence-corrected chi connectivity index (χ1v) is 14.3. The first-order chi connectivity index (χ1) is 19.0. The first-order valence-electron chi connectivity index (χ1n) is 13.5. The number of nitrogens with zero attached hydrogens (tertiary/aromatic N) is 2. The number of aryl methyl sites for hydroxylation is 1. The lowest BCUT2D eigenvalue weighted by molar-refractivity contribution is -0.127. The third-order valence-corrected chi connectivity index (χ3v) is 9.44. The Kier molecular flexibility index (Phi) is 7.41. The molecule has 1 aliphatic carbocycles. The summed E-state index contributed by atoms with van der Waals surface area (Å²) in [6, 6.07) is 4.03. The SMILES string of the molecule is C=CC(=O)N1CCC(NC(=O)C2Sc3c(N)ccc4c3C2C(N)C(=O)C4(N)c2cnc(OCC(C)C)cc2C)C1. The summed E-state index contributed by atoms with van der Waals surface area (Å²) < 4.78 is 5.77. The van der Waals surface area contributed by atoms with Crippen molar-refractivity contribution in [2.75, 3.05) is 25.4 Å². The molecule has 2 aliphatic heterocycles. The van der Waals surface area contributed by atoms with Crippen molar-refractivity contribution in [2.45, 2.75) is 60.9 Å². The van der Waals surface area contributed by atoms with E-state index in [2.05, 4.69) is 16.9 Å². The van der Waals surface area contributed by atoms with E-state index in [-0.39, 0.29) is 23.6 Å². The van der Waals surface area contributed by atoms with E-state index < -0.39 is 22.7 Å². The van der Waals surface area contributed by atoms with Gasteiger partial charge < -0.3 is 32.2 Å². The van der Waals surface area contributed by atoms with Crippen molar-refractivity contribution >= 4 is 35.0 Å². The van der Waals surface area contributed by atoms with Crippen molar-refractivity contribution < 1.29 is 19.1 Å². The molecule has 212 valence electrons. The van der Waals surface area contributed by atoms with Gasteiger partial charge in [-0.3, -0.25) is 14.4 Å². The number of benzene rings is 1. The minimum Gasteiger partial charge on any atom is -0.477 e. The number of nitrogen functional groups attached to an aromatic ring is 1. The number of thioether (sulfide) groups is 1. The number of hydrogen-bond donors (Lipinski definition) is 4. The average Bonchev–Trinajstić information content (AvgIpc) is 3.56. The van der Waals surface area contributed by atoms with Gasteiger partial charge in [-0.2, -0.15) is 0 Å². The average molecular weight is 565 g/mol. The van der Waals surface area contributed by atoms with Gasteiger partial charge in [0.15, 0.2) is 5.78 Å². The van der Waals surface area contributed by atoms with Gasteiger partial charge in [-0.25, -0.2) is 4.98 Å². The van der Waals surface area contributed by atoms with Crippen LogP contribution in [0.25, 0.3) is 0 Å².